The van der Waals surface area contributed by atoms with Gasteiger partial charge in [-0.25, -0.2) is 0 Å². The van der Waals surface area contributed by atoms with Crippen molar-refractivity contribution in [3.05, 3.63) is 47.0 Å². The number of halogens is 1. The highest BCUT2D eigenvalue weighted by Crippen LogP contribution is 2.38. The van der Waals surface area contributed by atoms with Gasteiger partial charge in [0.15, 0.2) is 11.5 Å². The van der Waals surface area contributed by atoms with Crippen molar-refractivity contribution in [1.82, 2.24) is 0 Å². The molecule has 138 valence electrons. The van der Waals surface area contributed by atoms with Crippen molar-refractivity contribution < 1.29 is 19.1 Å². The fourth-order valence-corrected chi connectivity index (χ4v) is 3.91. The first-order chi connectivity index (χ1) is 12.7. The van der Waals surface area contributed by atoms with Crippen LogP contribution in [0.4, 0.5) is 5.69 Å². The van der Waals surface area contributed by atoms with E-state index >= 15 is 0 Å². The van der Waals surface area contributed by atoms with Crippen LogP contribution in [0, 0.1) is 0 Å². The summed E-state index contributed by atoms with van der Waals surface area (Å²) in [4.78, 5) is 3.97. The second kappa shape index (κ2) is 7.64. The molecule has 5 nitrogen and oxygen atoms in total. The van der Waals surface area contributed by atoms with Crippen LogP contribution in [-0.4, -0.2) is 46.5 Å². The minimum Gasteiger partial charge on any atom is -0.497 e. The molecular formula is C20H24ClN2O3+. The van der Waals surface area contributed by atoms with Crippen molar-refractivity contribution in [3.8, 4) is 17.2 Å². The van der Waals surface area contributed by atoms with Crippen molar-refractivity contribution >= 4 is 17.3 Å². The molecule has 0 spiro atoms. The molecule has 2 heterocycles. The number of nitrogens with zero attached hydrogens (tertiary/aromatic N) is 1. The maximum Gasteiger partial charge on any atom is 0.179 e. The predicted octanol–water partition coefficient (Wildman–Crippen LogP) is 2.02. The monoisotopic (exact) mass is 375 g/mol. The molecule has 0 amide bonds. The largest absolute Gasteiger partial charge is 0.497 e. The fraction of sp³-hybridized carbons (Fsp3) is 0.400. The zero-order valence-corrected chi connectivity index (χ0v) is 15.7. The summed E-state index contributed by atoms with van der Waals surface area (Å²) in [6.07, 6.45) is 0. The number of hydrogen-bond donors (Lipinski definition) is 1. The quantitative estimate of drug-likeness (QED) is 0.887. The fourth-order valence-electron chi connectivity index (χ4n) is 3.62. The van der Waals surface area contributed by atoms with Gasteiger partial charge in [-0.2, -0.15) is 0 Å². The van der Waals surface area contributed by atoms with Crippen LogP contribution in [0.5, 0.6) is 17.2 Å². The first-order valence-corrected chi connectivity index (χ1v) is 9.41. The van der Waals surface area contributed by atoms with Crippen LogP contribution in [0.2, 0.25) is 5.02 Å². The number of quaternary nitrogens is 1. The molecule has 6 heteroatoms. The number of nitrogens with one attached hydrogen (secondary N) is 1. The van der Waals surface area contributed by atoms with Gasteiger partial charge in [0.1, 0.15) is 25.5 Å². The molecule has 2 aliphatic rings. The highest BCUT2D eigenvalue weighted by molar-refractivity contribution is 6.32. The number of benzene rings is 2. The number of rotatable bonds is 4. The summed E-state index contributed by atoms with van der Waals surface area (Å²) < 4.78 is 16.6. The van der Waals surface area contributed by atoms with Gasteiger partial charge in [-0.1, -0.05) is 17.7 Å². The molecule has 26 heavy (non-hydrogen) atoms. The second-order valence-corrected chi connectivity index (χ2v) is 7.12. The van der Waals surface area contributed by atoms with Crippen LogP contribution < -0.4 is 24.0 Å². The number of ether oxygens (including phenoxy) is 3. The summed E-state index contributed by atoms with van der Waals surface area (Å²) in [5.74, 6) is 2.36. The van der Waals surface area contributed by atoms with Crippen molar-refractivity contribution in [1.29, 1.82) is 0 Å². The topological polar surface area (TPSA) is 35.4 Å². The SMILES string of the molecule is COc1cccc(N2CC[NH+](Cc3cc(Cl)c4c(c3)OCCO4)CC2)c1. The molecule has 1 saturated heterocycles. The van der Waals surface area contributed by atoms with E-state index in [4.69, 9.17) is 25.8 Å². The third kappa shape index (κ3) is 3.69. The van der Waals surface area contributed by atoms with Gasteiger partial charge in [0.25, 0.3) is 0 Å². The number of fused-ring (bicyclic) bond motifs is 1. The van der Waals surface area contributed by atoms with E-state index in [0.717, 1.165) is 44.2 Å². The second-order valence-electron chi connectivity index (χ2n) is 6.72. The average Bonchev–Trinajstić information content (AvgIpc) is 2.69. The third-order valence-electron chi connectivity index (χ3n) is 5.00. The van der Waals surface area contributed by atoms with E-state index in [1.807, 2.05) is 18.2 Å². The van der Waals surface area contributed by atoms with Gasteiger partial charge in [-0.15, -0.1) is 0 Å². The standard InChI is InChI=1S/C20H23ClN2O3/c1-24-17-4-2-3-16(13-17)23-7-5-22(6-8-23)14-15-11-18(21)20-19(12-15)25-9-10-26-20/h2-4,11-13H,5-10,14H2,1H3/p+1. The van der Waals surface area contributed by atoms with Crippen LogP contribution in [0.1, 0.15) is 5.56 Å². The van der Waals surface area contributed by atoms with E-state index in [2.05, 4.69) is 23.1 Å². The Hall–Kier alpha value is -2.11. The Kier molecular flexibility index (Phi) is 5.09. The molecule has 1 fully saturated rings. The maximum absolute atomic E-state index is 6.36. The van der Waals surface area contributed by atoms with Crippen LogP contribution in [0.15, 0.2) is 36.4 Å². The van der Waals surface area contributed by atoms with Gasteiger partial charge < -0.3 is 24.0 Å². The van der Waals surface area contributed by atoms with E-state index in [-0.39, 0.29) is 0 Å². The van der Waals surface area contributed by atoms with Gasteiger partial charge in [0.05, 0.1) is 38.3 Å². The molecule has 0 unspecified atom stereocenters. The van der Waals surface area contributed by atoms with Crippen LogP contribution in [0.3, 0.4) is 0 Å². The van der Waals surface area contributed by atoms with E-state index in [1.54, 1.807) is 12.0 Å². The average molecular weight is 376 g/mol. The molecule has 2 aliphatic heterocycles. The highest BCUT2D eigenvalue weighted by atomic mass is 35.5. The summed E-state index contributed by atoms with van der Waals surface area (Å²) in [5, 5.41) is 0.645. The first-order valence-electron chi connectivity index (χ1n) is 9.03. The van der Waals surface area contributed by atoms with Gasteiger partial charge in [-0.05, 0) is 24.3 Å². The Morgan fingerprint density at radius 1 is 1.12 bits per heavy atom. The van der Waals surface area contributed by atoms with Gasteiger partial charge >= 0.3 is 0 Å². The lowest BCUT2D eigenvalue weighted by Crippen LogP contribution is -3.13. The summed E-state index contributed by atoms with van der Waals surface area (Å²) in [6, 6.07) is 12.4. The Labute approximate surface area is 159 Å². The van der Waals surface area contributed by atoms with Crippen molar-refractivity contribution in [2.75, 3.05) is 51.4 Å². The summed E-state index contributed by atoms with van der Waals surface area (Å²) in [5.41, 5.74) is 2.43. The first kappa shape index (κ1) is 17.3. The smallest absolute Gasteiger partial charge is 0.179 e. The zero-order chi connectivity index (χ0) is 17.9. The number of piperazine rings is 1. The number of anilines is 1. The van der Waals surface area contributed by atoms with Crippen molar-refractivity contribution in [2.45, 2.75) is 6.54 Å². The highest BCUT2D eigenvalue weighted by Gasteiger charge is 2.23. The molecule has 0 aromatic heterocycles. The van der Waals surface area contributed by atoms with Crippen molar-refractivity contribution in [3.63, 3.8) is 0 Å². The summed E-state index contributed by atoms with van der Waals surface area (Å²) in [6.45, 7) is 6.32. The van der Waals surface area contributed by atoms with Gasteiger partial charge in [0, 0.05) is 17.3 Å². The van der Waals surface area contributed by atoms with Crippen LogP contribution >= 0.6 is 11.6 Å². The Balaban J connectivity index is 1.39. The lowest BCUT2D eigenvalue weighted by Gasteiger charge is -2.34. The van der Waals surface area contributed by atoms with Crippen LogP contribution in [-0.2, 0) is 6.54 Å². The summed E-state index contributed by atoms with van der Waals surface area (Å²) >= 11 is 6.36. The molecule has 0 radical (unpaired) electrons. The van der Waals surface area contributed by atoms with E-state index in [0.29, 0.717) is 24.0 Å². The zero-order valence-electron chi connectivity index (χ0n) is 15.0. The van der Waals surface area contributed by atoms with Gasteiger partial charge in [0.2, 0.25) is 0 Å². The third-order valence-corrected chi connectivity index (χ3v) is 5.28. The maximum atomic E-state index is 6.36. The lowest BCUT2D eigenvalue weighted by molar-refractivity contribution is -0.914. The molecule has 2 aromatic carbocycles. The molecular weight excluding hydrogens is 352 g/mol. The molecule has 1 N–H and O–H groups in total. The Bertz CT molecular complexity index is 776. The van der Waals surface area contributed by atoms with Gasteiger partial charge in [-0.3, -0.25) is 0 Å². The lowest BCUT2D eigenvalue weighted by atomic mass is 10.1. The van der Waals surface area contributed by atoms with Crippen LogP contribution in [0.25, 0.3) is 0 Å². The predicted molar refractivity (Wildman–Crippen MR) is 102 cm³/mol. The minimum atomic E-state index is 0.559. The van der Waals surface area contributed by atoms with E-state index < -0.39 is 0 Å². The number of methoxy groups -OCH3 is 1. The normalized spacial score (nSPS) is 17.2. The molecule has 0 aliphatic carbocycles. The molecule has 0 bridgehead atoms. The number of hydrogen-bond acceptors (Lipinski definition) is 4. The molecule has 0 saturated carbocycles. The van der Waals surface area contributed by atoms with Crippen molar-refractivity contribution in [2.24, 2.45) is 0 Å². The van der Waals surface area contributed by atoms with E-state index in [1.165, 1.54) is 11.3 Å². The Morgan fingerprint density at radius 2 is 1.92 bits per heavy atom. The van der Waals surface area contributed by atoms with E-state index in [9.17, 15) is 0 Å². The summed E-state index contributed by atoms with van der Waals surface area (Å²) in [7, 11) is 1.71. The molecule has 2 aromatic rings. The molecule has 4 rings (SSSR count). The minimum absolute atomic E-state index is 0.559. The molecule has 0 atom stereocenters. The Morgan fingerprint density at radius 3 is 2.73 bits per heavy atom.